The summed E-state index contributed by atoms with van der Waals surface area (Å²) in [5.74, 6) is 1.58. The van der Waals surface area contributed by atoms with Crippen LogP contribution in [0.5, 0.6) is 0 Å². The number of aryl methyl sites for hydroxylation is 1. The molecular weight excluding hydrogens is 188 g/mol. The fourth-order valence-electron chi connectivity index (χ4n) is 2.33. The van der Waals surface area contributed by atoms with Gasteiger partial charge in [-0.1, -0.05) is 13.0 Å². The smallest absolute Gasteiger partial charge is 0.131 e. The quantitative estimate of drug-likeness (QED) is 0.798. The standard InChI is InChI=1S/C12H18N2O/c1-9-5-7-14(11(9)8-15)12-10(2)4-3-6-13-12/h3-4,6,9,11,15H,5,7-8H2,1-2H3. The first kappa shape index (κ1) is 10.4. The maximum Gasteiger partial charge on any atom is 0.131 e. The summed E-state index contributed by atoms with van der Waals surface area (Å²) in [5, 5.41) is 9.39. The van der Waals surface area contributed by atoms with Crippen molar-refractivity contribution in [3.05, 3.63) is 23.9 Å². The Morgan fingerprint density at radius 2 is 2.40 bits per heavy atom. The third-order valence-corrected chi connectivity index (χ3v) is 3.32. The molecule has 1 aromatic rings. The second-order valence-corrected chi connectivity index (χ2v) is 4.35. The van der Waals surface area contributed by atoms with Gasteiger partial charge in [-0.3, -0.25) is 0 Å². The van der Waals surface area contributed by atoms with E-state index in [0.717, 1.165) is 18.8 Å². The summed E-state index contributed by atoms with van der Waals surface area (Å²) in [7, 11) is 0. The number of rotatable bonds is 2. The van der Waals surface area contributed by atoms with E-state index in [2.05, 4.69) is 29.8 Å². The summed E-state index contributed by atoms with van der Waals surface area (Å²) >= 11 is 0. The fourth-order valence-corrected chi connectivity index (χ4v) is 2.33. The molecule has 3 nitrogen and oxygen atoms in total. The Labute approximate surface area is 90.8 Å². The van der Waals surface area contributed by atoms with Gasteiger partial charge in [0, 0.05) is 12.7 Å². The Morgan fingerprint density at radius 1 is 1.60 bits per heavy atom. The largest absolute Gasteiger partial charge is 0.394 e. The van der Waals surface area contributed by atoms with Gasteiger partial charge >= 0.3 is 0 Å². The van der Waals surface area contributed by atoms with Crippen LogP contribution in [0.15, 0.2) is 18.3 Å². The normalized spacial score (nSPS) is 25.9. The molecule has 1 aliphatic rings. The molecule has 15 heavy (non-hydrogen) atoms. The lowest BCUT2D eigenvalue weighted by Crippen LogP contribution is -2.36. The molecule has 0 amide bonds. The molecule has 1 aromatic heterocycles. The molecular formula is C12H18N2O. The number of nitrogens with zero attached hydrogens (tertiary/aromatic N) is 2. The minimum absolute atomic E-state index is 0.219. The summed E-state index contributed by atoms with van der Waals surface area (Å²) in [6, 6.07) is 4.25. The van der Waals surface area contributed by atoms with Crippen LogP contribution >= 0.6 is 0 Å². The number of hydrogen-bond acceptors (Lipinski definition) is 3. The highest BCUT2D eigenvalue weighted by molar-refractivity contribution is 5.48. The molecule has 1 fully saturated rings. The van der Waals surface area contributed by atoms with Gasteiger partial charge in [-0.2, -0.15) is 0 Å². The highest BCUT2D eigenvalue weighted by atomic mass is 16.3. The number of aliphatic hydroxyl groups is 1. The molecule has 82 valence electrons. The second kappa shape index (κ2) is 4.19. The number of anilines is 1. The summed E-state index contributed by atoms with van der Waals surface area (Å²) in [4.78, 5) is 6.64. The summed E-state index contributed by atoms with van der Waals surface area (Å²) in [6.45, 7) is 5.49. The first-order valence-electron chi connectivity index (χ1n) is 5.53. The van der Waals surface area contributed by atoms with E-state index in [1.54, 1.807) is 0 Å². The number of pyridine rings is 1. The predicted molar refractivity (Wildman–Crippen MR) is 61.0 cm³/mol. The van der Waals surface area contributed by atoms with Crippen molar-refractivity contribution >= 4 is 5.82 Å². The molecule has 0 bridgehead atoms. The monoisotopic (exact) mass is 206 g/mol. The van der Waals surface area contributed by atoms with Gasteiger partial charge in [0.25, 0.3) is 0 Å². The number of aromatic nitrogens is 1. The molecule has 0 spiro atoms. The molecule has 1 N–H and O–H groups in total. The zero-order valence-electron chi connectivity index (χ0n) is 9.35. The van der Waals surface area contributed by atoms with Gasteiger partial charge in [0.2, 0.25) is 0 Å². The molecule has 0 radical (unpaired) electrons. The number of hydrogen-bond donors (Lipinski definition) is 1. The Morgan fingerprint density at radius 3 is 3.07 bits per heavy atom. The highest BCUT2D eigenvalue weighted by Gasteiger charge is 2.31. The molecule has 2 unspecified atom stereocenters. The first-order chi connectivity index (χ1) is 7.24. The maximum atomic E-state index is 9.39. The van der Waals surface area contributed by atoms with Crippen molar-refractivity contribution in [2.45, 2.75) is 26.3 Å². The lowest BCUT2D eigenvalue weighted by molar-refractivity contribution is 0.244. The average Bonchev–Trinajstić information content (AvgIpc) is 2.60. The van der Waals surface area contributed by atoms with Crippen molar-refractivity contribution in [3.8, 4) is 0 Å². The lowest BCUT2D eigenvalue weighted by Gasteiger charge is -2.27. The molecule has 2 rings (SSSR count). The molecule has 1 saturated heterocycles. The maximum absolute atomic E-state index is 9.39. The van der Waals surface area contributed by atoms with E-state index < -0.39 is 0 Å². The van der Waals surface area contributed by atoms with Crippen LogP contribution in [0.25, 0.3) is 0 Å². The van der Waals surface area contributed by atoms with Crippen LogP contribution in [0, 0.1) is 12.8 Å². The molecule has 0 saturated carbocycles. The number of aliphatic hydroxyl groups excluding tert-OH is 1. The minimum Gasteiger partial charge on any atom is -0.394 e. The molecule has 2 heterocycles. The zero-order chi connectivity index (χ0) is 10.8. The molecule has 0 aromatic carbocycles. The third kappa shape index (κ3) is 1.84. The van der Waals surface area contributed by atoms with Gasteiger partial charge in [0.1, 0.15) is 5.82 Å². The molecule has 1 aliphatic heterocycles. The van der Waals surface area contributed by atoms with Crippen LogP contribution in [0.2, 0.25) is 0 Å². The summed E-state index contributed by atoms with van der Waals surface area (Å²) < 4.78 is 0. The van der Waals surface area contributed by atoms with Gasteiger partial charge < -0.3 is 10.0 Å². The van der Waals surface area contributed by atoms with E-state index >= 15 is 0 Å². The SMILES string of the molecule is Cc1cccnc1N1CCC(C)C1CO. The van der Waals surface area contributed by atoms with Crippen molar-refractivity contribution in [2.75, 3.05) is 18.1 Å². The fraction of sp³-hybridized carbons (Fsp3) is 0.583. The highest BCUT2D eigenvalue weighted by Crippen LogP contribution is 2.29. The van der Waals surface area contributed by atoms with Crippen LogP contribution < -0.4 is 4.90 Å². The summed E-state index contributed by atoms with van der Waals surface area (Å²) in [6.07, 6.45) is 2.96. The zero-order valence-corrected chi connectivity index (χ0v) is 9.35. The third-order valence-electron chi connectivity index (χ3n) is 3.32. The van der Waals surface area contributed by atoms with Crippen LogP contribution in [-0.4, -0.2) is 29.3 Å². The minimum atomic E-state index is 0.219. The van der Waals surface area contributed by atoms with Crippen LogP contribution in [-0.2, 0) is 0 Å². The van der Waals surface area contributed by atoms with Crippen LogP contribution in [0.1, 0.15) is 18.9 Å². The van der Waals surface area contributed by atoms with E-state index in [1.807, 2.05) is 12.3 Å². The van der Waals surface area contributed by atoms with Crippen molar-refractivity contribution in [1.29, 1.82) is 0 Å². The van der Waals surface area contributed by atoms with Crippen molar-refractivity contribution < 1.29 is 5.11 Å². The van der Waals surface area contributed by atoms with E-state index in [0.29, 0.717) is 5.92 Å². The van der Waals surface area contributed by atoms with Gasteiger partial charge in [0.05, 0.1) is 12.6 Å². The summed E-state index contributed by atoms with van der Waals surface area (Å²) in [5.41, 5.74) is 1.19. The lowest BCUT2D eigenvalue weighted by atomic mass is 10.0. The van der Waals surface area contributed by atoms with Crippen LogP contribution in [0.3, 0.4) is 0 Å². The first-order valence-corrected chi connectivity index (χ1v) is 5.53. The Bertz CT molecular complexity index is 340. The Balaban J connectivity index is 2.28. The van der Waals surface area contributed by atoms with Crippen LogP contribution in [0.4, 0.5) is 5.82 Å². The van der Waals surface area contributed by atoms with Gasteiger partial charge in [-0.25, -0.2) is 4.98 Å². The van der Waals surface area contributed by atoms with E-state index in [9.17, 15) is 5.11 Å². The van der Waals surface area contributed by atoms with Crippen molar-refractivity contribution in [2.24, 2.45) is 5.92 Å². The van der Waals surface area contributed by atoms with Gasteiger partial charge in [0.15, 0.2) is 0 Å². The average molecular weight is 206 g/mol. The Kier molecular flexibility index (Phi) is 2.91. The second-order valence-electron chi connectivity index (χ2n) is 4.35. The predicted octanol–water partition coefficient (Wildman–Crippen LogP) is 1.60. The Hall–Kier alpha value is -1.09. The van der Waals surface area contributed by atoms with E-state index in [1.165, 1.54) is 5.56 Å². The van der Waals surface area contributed by atoms with E-state index in [4.69, 9.17) is 0 Å². The van der Waals surface area contributed by atoms with Gasteiger partial charge in [-0.15, -0.1) is 0 Å². The van der Waals surface area contributed by atoms with Crippen molar-refractivity contribution in [3.63, 3.8) is 0 Å². The van der Waals surface area contributed by atoms with Crippen molar-refractivity contribution in [1.82, 2.24) is 4.98 Å². The molecule has 3 heteroatoms. The molecule has 0 aliphatic carbocycles. The topological polar surface area (TPSA) is 36.4 Å². The van der Waals surface area contributed by atoms with E-state index in [-0.39, 0.29) is 12.6 Å². The molecule has 2 atom stereocenters. The van der Waals surface area contributed by atoms with Gasteiger partial charge in [-0.05, 0) is 30.9 Å².